The average molecular weight is 324 g/mol. The summed E-state index contributed by atoms with van der Waals surface area (Å²) in [4.78, 5) is 2.26. The molecular formula is C17H19Cl2NO. The summed E-state index contributed by atoms with van der Waals surface area (Å²) in [5.74, 6) is 0. The van der Waals surface area contributed by atoms with Crippen molar-refractivity contribution in [2.45, 2.75) is 12.2 Å². The molecule has 1 fully saturated rings. The van der Waals surface area contributed by atoms with Crippen molar-refractivity contribution in [1.82, 2.24) is 4.90 Å². The summed E-state index contributed by atoms with van der Waals surface area (Å²) in [6, 6.07) is 18.3. The fourth-order valence-corrected chi connectivity index (χ4v) is 2.86. The van der Waals surface area contributed by atoms with Crippen LogP contribution in [-0.4, -0.2) is 25.0 Å². The first-order chi connectivity index (χ1) is 9.68. The van der Waals surface area contributed by atoms with Crippen LogP contribution in [0, 0.1) is 0 Å². The summed E-state index contributed by atoms with van der Waals surface area (Å²) < 4.78 is 6.26. The van der Waals surface area contributed by atoms with Gasteiger partial charge in [0.15, 0.2) is 0 Å². The van der Waals surface area contributed by atoms with Crippen molar-refractivity contribution < 1.29 is 4.74 Å². The minimum atomic E-state index is -0.199. The highest BCUT2D eigenvalue weighted by molar-refractivity contribution is 6.30. The van der Waals surface area contributed by atoms with Crippen LogP contribution in [0.3, 0.4) is 0 Å². The maximum absolute atomic E-state index is 6.26. The highest BCUT2D eigenvalue weighted by Gasteiger charge is 2.43. The number of hydrogen-bond acceptors (Lipinski definition) is 2. The van der Waals surface area contributed by atoms with Gasteiger partial charge in [-0.3, -0.25) is 4.90 Å². The van der Waals surface area contributed by atoms with Gasteiger partial charge < -0.3 is 4.74 Å². The Bertz CT molecular complexity index is 565. The van der Waals surface area contributed by atoms with Gasteiger partial charge in [-0.2, -0.15) is 0 Å². The Kier molecular flexibility index (Phi) is 5.28. The molecule has 1 aliphatic heterocycles. The molecule has 112 valence electrons. The van der Waals surface area contributed by atoms with Crippen LogP contribution < -0.4 is 0 Å². The molecular weight excluding hydrogens is 305 g/mol. The van der Waals surface area contributed by atoms with Crippen molar-refractivity contribution in [3.05, 3.63) is 70.7 Å². The summed E-state index contributed by atoms with van der Waals surface area (Å²) in [7, 11) is 2.11. The topological polar surface area (TPSA) is 12.5 Å². The SMILES string of the molecule is CN1CC(OCc2ccccc2)(c2ccc(Cl)cc2)C1.Cl. The van der Waals surface area contributed by atoms with Gasteiger partial charge in [-0.25, -0.2) is 0 Å². The van der Waals surface area contributed by atoms with Gasteiger partial charge in [0.25, 0.3) is 0 Å². The molecule has 4 heteroatoms. The third-order valence-electron chi connectivity index (χ3n) is 3.78. The molecule has 2 aromatic rings. The Labute approximate surface area is 137 Å². The lowest BCUT2D eigenvalue weighted by atomic mass is 9.86. The van der Waals surface area contributed by atoms with E-state index in [1.807, 2.05) is 30.3 Å². The molecule has 2 aromatic carbocycles. The molecule has 0 aromatic heterocycles. The van der Waals surface area contributed by atoms with Gasteiger partial charge in [0.05, 0.1) is 6.61 Å². The van der Waals surface area contributed by atoms with Gasteiger partial charge in [0.1, 0.15) is 5.60 Å². The molecule has 0 spiro atoms. The van der Waals surface area contributed by atoms with Gasteiger partial charge in [-0.05, 0) is 30.3 Å². The second kappa shape index (κ2) is 6.80. The van der Waals surface area contributed by atoms with Crippen molar-refractivity contribution in [2.24, 2.45) is 0 Å². The number of nitrogens with zero attached hydrogens (tertiary/aromatic N) is 1. The number of hydrogen-bond donors (Lipinski definition) is 0. The van der Waals surface area contributed by atoms with Crippen LogP contribution in [0.2, 0.25) is 5.02 Å². The fourth-order valence-electron chi connectivity index (χ4n) is 2.73. The zero-order chi connectivity index (χ0) is 14.0. The van der Waals surface area contributed by atoms with E-state index in [4.69, 9.17) is 16.3 Å². The van der Waals surface area contributed by atoms with Crippen molar-refractivity contribution in [1.29, 1.82) is 0 Å². The van der Waals surface area contributed by atoms with Crippen LogP contribution in [0.25, 0.3) is 0 Å². The highest BCUT2D eigenvalue weighted by Crippen LogP contribution is 2.36. The van der Waals surface area contributed by atoms with E-state index in [0.717, 1.165) is 18.1 Å². The Morgan fingerprint density at radius 2 is 1.67 bits per heavy atom. The Morgan fingerprint density at radius 1 is 1.05 bits per heavy atom. The van der Waals surface area contributed by atoms with Crippen molar-refractivity contribution in [2.75, 3.05) is 20.1 Å². The molecule has 0 amide bonds. The summed E-state index contributed by atoms with van der Waals surface area (Å²) in [6.07, 6.45) is 0. The molecule has 21 heavy (non-hydrogen) atoms. The largest absolute Gasteiger partial charge is 0.363 e. The molecule has 1 saturated heterocycles. The monoisotopic (exact) mass is 323 g/mol. The number of benzene rings is 2. The smallest absolute Gasteiger partial charge is 0.119 e. The first-order valence-corrected chi connectivity index (χ1v) is 7.18. The summed E-state index contributed by atoms with van der Waals surface area (Å²) >= 11 is 5.97. The molecule has 0 N–H and O–H groups in total. The molecule has 1 heterocycles. The Hall–Kier alpha value is -1.06. The van der Waals surface area contributed by atoms with E-state index < -0.39 is 0 Å². The zero-order valence-electron chi connectivity index (χ0n) is 12.0. The predicted molar refractivity (Wildman–Crippen MR) is 89.1 cm³/mol. The molecule has 0 atom stereocenters. The van der Waals surface area contributed by atoms with E-state index in [2.05, 4.69) is 36.2 Å². The number of ether oxygens (including phenoxy) is 1. The molecule has 1 aliphatic rings. The van der Waals surface area contributed by atoms with Crippen molar-refractivity contribution >= 4 is 24.0 Å². The maximum Gasteiger partial charge on any atom is 0.119 e. The number of rotatable bonds is 4. The predicted octanol–water partition coefficient (Wildman–Crippen LogP) is 4.12. The van der Waals surface area contributed by atoms with Gasteiger partial charge >= 0.3 is 0 Å². The molecule has 0 unspecified atom stereocenters. The maximum atomic E-state index is 6.26. The zero-order valence-corrected chi connectivity index (χ0v) is 13.5. The van der Waals surface area contributed by atoms with Crippen LogP contribution in [0.4, 0.5) is 0 Å². The van der Waals surface area contributed by atoms with E-state index in [-0.39, 0.29) is 18.0 Å². The van der Waals surface area contributed by atoms with Crippen molar-refractivity contribution in [3.63, 3.8) is 0 Å². The van der Waals surface area contributed by atoms with Gasteiger partial charge in [-0.1, -0.05) is 54.1 Å². The number of halogens is 2. The van der Waals surface area contributed by atoms with E-state index in [0.29, 0.717) is 6.61 Å². The second-order valence-electron chi connectivity index (χ2n) is 5.45. The van der Waals surface area contributed by atoms with Gasteiger partial charge in [-0.15, -0.1) is 12.4 Å². The molecule has 3 rings (SSSR count). The van der Waals surface area contributed by atoms with Crippen LogP contribution >= 0.6 is 24.0 Å². The van der Waals surface area contributed by atoms with E-state index in [1.165, 1.54) is 11.1 Å². The standard InChI is InChI=1S/C17H18ClNO.ClH/c1-19-12-17(13-19,15-7-9-16(18)10-8-15)20-11-14-5-3-2-4-6-14;/h2-10H,11-13H2,1H3;1H. The lowest BCUT2D eigenvalue weighted by Gasteiger charge is -2.48. The van der Waals surface area contributed by atoms with Gasteiger partial charge in [0.2, 0.25) is 0 Å². The normalized spacial score (nSPS) is 16.9. The summed E-state index contributed by atoms with van der Waals surface area (Å²) in [5, 5.41) is 0.764. The first-order valence-electron chi connectivity index (χ1n) is 6.80. The summed E-state index contributed by atoms with van der Waals surface area (Å²) in [5.41, 5.74) is 2.21. The fraction of sp³-hybridized carbons (Fsp3) is 0.294. The molecule has 0 radical (unpaired) electrons. The van der Waals surface area contributed by atoms with Gasteiger partial charge in [0, 0.05) is 18.1 Å². The number of likely N-dealkylation sites (tertiary alicyclic amines) is 1. The van der Waals surface area contributed by atoms with Crippen LogP contribution in [0.5, 0.6) is 0 Å². The molecule has 0 aliphatic carbocycles. The van der Waals surface area contributed by atoms with Crippen molar-refractivity contribution in [3.8, 4) is 0 Å². The summed E-state index contributed by atoms with van der Waals surface area (Å²) in [6.45, 7) is 2.47. The lowest BCUT2D eigenvalue weighted by Crippen LogP contribution is -2.58. The van der Waals surface area contributed by atoms with E-state index in [9.17, 15) is 0 Å². The Balaban J connectivity index is 0.00000161. The van der Waals surface area contributed by atoms with E-state index in [1.54, 1.807) is 0 Å². The minimum Gasteiger partial charge on any atom is -0.363 e. The highest BCUT2D eigenvalue weighted by atomic mass is 35.5. The van der Waals surface area contributed by atoms with Crippen LogP contribution in [0.15, 0.2) is 54.6 Å². The number of likely N-dealkylation sites (N-methyl/N-ethyl adjacent to an activating group) is 1. The van der Waals surface area contributed by atoms with Crippen LogP contribution in [0.1, 0.15) is 11.1 Å². The quantitative estimate of drug-likeness (QED) is 0.839. The third kappa shape index (κ3) is 3.58. The van der Waals surface area contributed by atoms with E-state index >= 15 is 0 Å². The Morgan fingerprint density at radius 3 is 2.24 bits per heavy atom. The molecule has 0 saturated carbocycles. The molecule has 2 nitrogen and oxygen atoms in total. The first kappa shape index (κ1) is 16.3. The second-order valence-corrected chi connectivity index (χ2v) is 5.88. The average Bonchev–Trinajstić information content (AvgIpc) is 2.44. The third-order valence-corrected chi connectivity index (χ3v) is 4.03. The van der Waals surface area contributed by atoms with Crippen LogP contribution in [-0.2, 0) is 16.9 Å². The molecule has 0 bridgehead atoms. The minimum absolute atomic E-state index is 0. The lowest BCUT2D eigenvalue weighted by molar-refractivity contribution is -0.151.